The summed E-state index contributed by atoms with van der Waals surface area (Å²) in [6.07, 6.45) is 2.60. The van der Waals surface area contributed by atoms with E-state index in [4.69, 9.17) is 12.2 Å². The van der Waals surface area contributed by atoms with Gasteiger partial charge in [0.05, 0.1) is 0 Å². The van der Waals surface area contributed by atoms with Gasteiger partial charge >= 0.3 is 0 Å². The lowest BCUT2D eigenvalue weighted by Crippen LogP contribution is -2.33. The van der Waals surface area contributed by atoms with Crippen molar-refractivity contribution in [3.05, 3.63) is 70.0 Å². The normalized spacial score (nSPS) is 13.4. The number of aromatic nitrogens is 3. The first-order chi connectivity index (χ1) is 14.0. The molecule has 0 radical (unpaired) electrons. The average molecular weight is 407 g/mol. The number of benzene rings is 2. The number of rotatable bonds is 7. The van der Waals surface area contributed by atoms with Crippen LogP contribution in [0.3, 0.4) is 0 Å². The molecular weight excluding hydrogens is 380 g/mol. The van der Waals surface area contributed by atoms with Crippen LogP contribution in [-0.4, -0.2) is 31.6 Å². The summed E-state index contributed by atoms with van der Waals surface area (Å²) in [5, 5.41) is 7.26. The molecule has 1 aromatic heterocycles. The topological polar surface area (TPSA) is 53.9 Å². The van der Waals surface area contributed by atoms with Gasteiger partial charge in [0.2, 0.25) is 5.91 Å². The highest BCUT2D eigenvalue weighted by atomic mass is 32.1. The summed E-state index contributed by atoms with van der Waals surface area (Å²) in [7, 11) is 0. The van der Waals surface area contributed by atoms with Crippen LogP contribution in [0, 0.1) is 18.6 Å². The molecule has 1 aliphatic carbocycles. The van der Waals surface area contributed by atoms with Crippen LogP contribution in [0.5, 0.6) is 0 Å². The van der Waals surface area contributed by atoms with Crippen LogP contribution in [0.15, 0.2) is 48.5 Å². The molecule has 5 nitrogen and oxygen atoms in total. The van der Waals surface area contributed by atoms with Gasteiger partial charge in [0.1, 0.15) is 0 Å². The predicted molar refractivity (Wildman–Crippen MR) is 117 cm³/mol. The monoisotopic (exact) mass is 406 g/mol. The first kappa shape index (κ1) is 19.6. The van der Waals surface area contributed by atoms with Crippen molar-refractivity contribution < 1.29 is 4.79 Å². The van der Waals surface area contributed by atoms with Crippen LogP contribution in [0.1, 0.15) is 36.0 Å². The molecule has 0 saturated heterocycles. The summed E-state index contributed by atoms with van der Waals surface area (Å²) < 4.78 is 2.47. The number of nitrogens with zero attached hydrogens (tertiary/aromatic N) is 3. The van der Waals surface area contributed by atoms with Gasteiger partial charge in [-0.1, -0.05) is 59.7 Å². The van der Waals surface area contributed by atoms with E-state index >= 15 is 0 Å². The molecule has 150 valence electrons. The highest BCUT2D eigenvalue weighted by Gasteiger charge is 2.32. The van der Waals surface area contributed by atoms with Crippen molar-refractivity contribution in [2.45, 2.75) is 52.2 Å². The zero-order valence-corrected chi connectivity index (χ0v) is 17.7. The summed E-state index contributed by atoms with van der Waals surface area (Å²) in [6.45, 7) is 5.33. The Morgan fingerprint density at radius 2 is 1.72 bits per heavy atom. The molecule has 4 rings (SSSR count). The smallest absolute Gasteiger partial charge is 0.224 e. The fourth-order valence-corrected chi connectivity index (χ4v) is 3.72. The van der Waals surface area contributed by atoms with E-state index in [1.807, 2.05) is 21.6 Å². The maximum absolute atomic E-state index is 13.0. The fourth-order valence-electron chi connectivity index (χ4n) is 3.50. The number of aromatic amines is 1. The molecule has 1 heterocycles. The molecule has 1 fully saturated rings. The highest BCUT2D eigenvalue weighted by Crippen LogP contribution is 2.29. The van der Waals surface area contributed by atoms with Crippen molar-refractivity contribution in [2.24, 2.45) is 0 Å². The van der Waals surface area contributed by atoms with Gasteiger partial charge in [0.15, 0.2) is 10.6 Å². The minimum absolute atomic E-state index is 0.172. The highest BCUT2D eigenvalue weighted by molar-refractivity contribution is 7.71. The molecule has 0 unspecified atom stereocenters. The average Bonchev–Trinajstić information content (AvgIpc) is 3.49. The van der Waals surface area contributed by atoms with Crippen molar-refractivity contribution in [3.63, 3.8) is 0 Å². The molecule has 1 N–H and O–H groups in total. The first-order valence-electron chi connectivity index (χ1n) is 10.1. The Labute approximate surface area is 176 Å². The Kier molecular flexibility index (Phi) is 5.62. The molecule has 0 bridgehead atoms. The van der Waals surface area contributed by atoms with Gasteiger partial charge < -0.3 is 4.90 Å². The van der Waals surface area contributed by atoms with E-state index in [0.717, 1.165) is 24.2 Å². The summed E-state index contributed by atoms with van der Waals surface area (Å²) in [5.41, 5.74) is 4.60. The minimum Gasteiger partial charge on any atom is -0.335 e. The molecule has 29 heavy (non-hydrogen) atoms. The van der Waals surface area contributed by atoms with Crippen LogP contribution in [0.25, 0.3) is 11.4 Å². The molecule has 1 saturated carbocycles. The number of nitrogens with one attached hydrogen (secondary N) is 1. The number of aryl methyl sites for hydroxylation is 2. The molecular formula is C23H26N4OS. The van der Waals surface area contributed by atoms with Crippen LogP contribution in [-0.2, 0) is 17.9 Å². The summed E-state index contributed by atoms with van der Waals surface area (Å²) >= 11 is 5.42. The predicted octanol–water partition coefficient (Wildman–Crippen LogP) is 4.81. The molecule has 2 aromatic carbocycles. The number of hydrogen-bond acceptors (Lipinski definition) is 3. The van der Waals surface area contributed by atoms with Gasteiger partial charge in [-0.05, 0) is 44.5 Å². The molecule has 6 heteroatoms. The third-order valence-electron chi connectivity index (χ3n) is 5.40. The first-order valence-corrected chi connectivity index (χ1v) is 10.5. The summed E-state index contributed by atoms with van der Waals surface area (Å²) in [4.78, 5) is 15.1. The molecule has 0 spiro atoms. The number of hydrogen-bond donors (Lipinski definition) is 1. The van der Waals surface area contributed by atoms with Crippen molar-refractivity contribution in [3.8, 4) is 11.4 Å². The van der Waals surface area contributed by atoms with Gasteiger partial charge in [-0.2, -0.15) is 5.10 Å². The Morgan fingerprint density at radius 1 is 1.10 bits per heavy atom. The van der Waals surface area contributed by atoms with E-state index in [1.165, 1.54) is 16.7 Å². The molecule has 1 amide bonds. The Hall–Kier alpha value is -2.73. The maximum Gasteiger partial charge on any atom is 0.224 e. The third kappa shape index (κ3) is 4.65. The molecule has 0 atom stereocenters. The Balaban J connectivity index is 1.47. The Morgan fingerprint density at radius 3 is 2.34 bits per heavy atom. The lowest BCUT2D eigenvalue weighted by atomic mass is 10.1. The summed E-state index contributed by atoms with van der Waals surface area (Å²) in [5.74, 6) is 0.949. The lowest BCUT2D eigenvalue weighted by Gasteiger charge is -2.23. The molecule has 0 aliphatic heterocycles. The van der Waals surface area contributed by atoms with Gasteiger partial charge in [-0.25, -0.2) is 0 Å². The van der Waals surface area contributed by atoms with E-state index in [-0.39, 0.29) is 5.91 Å². The minimum atomic E-state index is 0.172. The van der Waals surface area contributed by atoms with Gasteiger partial charge in [0.25, 0.3) is 0 Å². The van der Waals surface area contributed by atoms with Crippen molar-refractivity contribution >= 4 is 18.1 Å². The van der Waals surface area contributed by atoms with Gasteiger partial charge in [-0.15, -0.1) is 0 Å². The van der Waals surface area contributed by atoms with Crippen LogP contribution < -0.4 is 0 Å². The second-order valence-corrected chi connectivity index (χ2v) is 8.25. The van der Waals surface area contributed by atoms with Crippen LogP contribution in [0.4, 0.5) is 0 Å². The van der Waals surface area contributed by atoms with E-state index in [9.17, 15) is 4.79 Å². The number of carbonyl (C=O) groups excluding carboxylic acids is 1. The number of H-pyrrole nitrogens is 1. The second-order valence-electron chi connectivity index (χ2n) is 7.86. The quantitative estimate of drug-likeness (QED) is 0.573. The van der Waals surface area contributed by atoms with Gasteiger partial charge in [-0.3, -0.25) is 14.5 Å². The molecule has 3 aromatic rings. The van der Waals surface area contributed by atoms with Crippen molar-refractivity contribution in [2.75, 3.05) is 0 Å². The lowest BCUT2D eigenvalue weighted by molar-refractivity contribution is -0.132. The zero-order chi connectivity index (χ0) is 20.4. The van der Waals surface area contributed by atoms with E-state index in [0.29, 0.717) is 30.3 Å². The Bertz CT molecular complexity index is 1050. The third-order valence-corrected chi connectivity index (χ3v) is 5.71. The van der Waals surface area contributed by atoms with E-state index in [2.05, 4.69) is 60.4 Å². The fraction of sp³-hybridized carbons (Fsp3) is 0.348. The standard InChI is InChI=1S/C23H26N4OS/c1-16-3-7-18(8-4-16)15-27(20-11-12-20)21(28)13-14-26-22(24-25-23(26)29)19-9-5-17(2)6-10-19/h3-10,20H,11-15H2,1-2H3,(H,25,29). The zero-order valence-electron chi connectivity index (χ0n) is 16.9. The second kappa shape index (κ2) is 8.33. The van der Waals surface area contributed by atoms with Crippen LogP contribution >= 0.6 is 12.2 Å². The van der Waals surface area contributed by atoms with Crippen LogP contribution in [0.2, 0.25) is 0 Å². The number of carbonyl (C=O) groups is 1. The van der Waals surface area contributed by atoms with E-state index in [1.54, 1.807) is 0 Å². The van der Waals surface area contributed by atoms with Crippen molar-refractivity contribution in [1.29, 1.82) is 0 Å². The van der Waals surface area contributed by atoms with Crippen molar-refractivity contribution in [1.82, 2.24) is 19.7 Å². The maximum atomic E-state index is 13.0. The SMILES string of the molecule is Cc1ccc(CN(C(=O)CCn2c(-c3ccc(C)cc3)n[nH]c2=S)C2CC2)cc1. The van der Waals surface area contributed by atoms with E-state index < -0.39 is 0 Å². The molecule has 1 aliphatic rings. The van der Waals surface area contributed by atoms with Gasteiger partial charge in [0, 0.05) is 31.1 Å². The summed E-state index contributed by atoms with van der Waals surface area (Å²) in [6, 6.07) is 17.0. The number of amides is 1. The largest absolute Gasteiger partial charge is 0.335 e.